The Morgan fingerprint density at radius 1 is 1.03 bits per heavy atom. The number of hydrogen-bond donors (Lipinski definition) is 2. The summed E-state index contributed by atoms with van der Waals surface area (Å²) in [5, 5.41) is 7.84. The molecule has 2 aromatic carbocycles. The van der Waals surface area contributed by atoms with Crippen molar-refractivity contribution >= 4 is 11.9 Å². The van der Waals surface area contributed by atoms with Crippen LogP contribution in [0.3, 0.4) is 0 Å². The van der Waals surface area contributed by atoms with Crippen molar-refractivity contribution in [2.75, 3.05) is 26.6 Å². The van der Waals surface area contributed by atoms with Gasteiger partial charge in [-0.2, -0.15) is 4.98 Å². The normalized spacial score (nSPS) is 15.2. The Hall–Kier alpha value is -4.01. The number of fused-ring (bicyclic) bond motifs is 1. The van der Waals surface area contributed by atoms with E-state index in [0.717, 1.165) is 11.1 Å². The number of benzene rings is 2. The molecule has 31 heavy (non-hydrogen) atoms. The molecular formula is C22H23N5O4. The molecule has 0 radical (unpaired) electrons. The van der Waals surface area contributed by atoms with Crippen molar-refractivity contribution in [3.05, 3.63) is 59.3 Å². The number of ether oxygens (including phenoxy) is 3. The quantitative estimate of drug-likeness (QED) is 0.629. The number of nitrogens with one attached hydrogen (secondary N) is 1. The fourth-order valence-corrected chi connectivity index (χ4v) is 3.66. The van der Waals surface area contributed by atoms with E-state index in [1.807, 2.05) is 30.3 Å². The number of nitrogens with zero attached hydrogens (tertiary/aromatic N) is 3. The lowest BCUT2D eigenvalue weighted by atomic mass is 9.95. The van der Waals surface area contributed by atoms with Gasteiger partial charge in [0.25, 0.3) is 0 Å². The van der Waals surface area contributed by atoms with Crippen molar-refractivity contribution in [2.24, 2.45) is 5.73 Å². The highest BCUT2D eigenvalue weighted by molar-refractivity contribution is 5.95. The minimum absolute atomic E-state index is 0.418. The summed E-state index contributed by atoms with van der Waals surface area (Å²) in [5.74, 6) is 2.34. The number of amides is 1. The van der Waals surface area contributed by atoms with Gasteiger partial charge in [0.2, 0.25) is 11.9 Å². The van der Waals surface area contributed by atoms with Crippen molar-refractivity contribution in [2.45, 2.75) is 13.0 Å². The first-order chi connectivity index (χ1) is 15.0. The molecule has 0 spiro atoms. The van der Waals surface area contributed by atoms with Gasteiger partial charge in [-0.3, -0.25) is 4.79 Å². The Morgan fingerprint density at radius 2 is 1.74 bits per heavy atom. The molecule has 0 fully saturated rings. The van der Waals surface area contributed by atoms with Crippen LogP contribution in [-0.4, -0.2) is 42.0 Å². The van der Waals surface area contributed by atoms with Gasteiger partial charge in [0, 0.05) is 11.3 Å². The maximum atomic E-state index is 12.3. The van der Waals surface area contributed by atoms with E-state index >= 15 is 0 Å². The first-order valence-electron chi connectivity index (χ1n) is 9.57. The monoisotopic (exact) mass is 421 g/mol. The van der Waals surface area contributed by atoms with Crippen LogP contribution in [0.4, 0.5) is 5.95 Å². The first kappa shape index (κ1) is 20.3. The summed E-state index contributed by atoms with van der Waals surface area (Å²) in [6.45, 7) is 1.80. The van der Waals surface area contributed by atoms with E-state index in [1.165, 1.54) is 0 Å². The third-order valence-corrected chi connectivity index (χ3v) is 5.19. The number of methoxy groups -OCH3 is 3. The highest BCUT2D eigenvalue weighted by Gasteiger charge is 2.33. The fourth-order valence-electron chi connectivity index (χ4n) is 3.66. The average Bonchev–Trinajstić information content (AvgIpc) is 3.21. The Bertz CT molecular complexity index is 1170. The predicted octanol–water partition coefficient (Wildman–Crippen LogP) is 2.75. The summed E-state index contributed by atoms with van der Waals surface area (Å²) in [5.41, 5.74) is 8.36. The third kappa shape index (κ3) is 3.54. The van der Waals surface area contributed by atoms with Gasteiger partial charge < -0.3 is 25.3 Å². The Kier molecular flexibility index (Phi) is 5.24. The van der Waals surface area contributed by atoms with Gasteiger partial charge >= 0.3 is 0 Å². The van der Waals surface area contributed by atoms with Crippen molar-refractivity contribution in [3.63, 3.8) is 0 Å². The standard InChI is InChI=1S/C22H23N5O4/c1-12-18(20(23)28)19(13-5-8-15(29-2)9-6-13)27-22(24-12)25-21(26-27)14-7-10-16(30-3)17(11-14)31-4/h5-11,19H,1-4H3,(H2,23,28)(H,24,25,26). The van der Waals surface area contributed by atoms with Crippen LogP contribution in [0, 0.1) is 0 Å². The molecule has 1 amide bonds. The van der Waals surface area contributed by atoms with E-state index in [0.29, 0.717) is 40.3 Å². The highest BCUT2D eigenvalue weighted by atomic mass is 16.5. The van der Waals surface area contributed by atoms with Gasteiger partial charge in [-0.1, -0.05) is 12.1 Å². The summed E-state index contributed by atoms with van der Waals surface area (Å²) in [7, 11) is 4.75. The summed E-state index contributed by atoms with van der Waals surface area (Å²) in [6, 6.07) is 12.3. The molecule has 2 heterocycles. The third-order valence-electron chi connectivity index (χ3n) is 5.19. The van der Waals surface area contributed by atoms with Crippen molar-refractivity contribution in [1.82, 2.24) is 14.8 Å². The van der Waals surface area contributed by atoms with E-state index in [4.69, 9.17) is 25.0 Å². The summed E-state index contributed by atoms with van der Waals surface area (Å²) in [6.07, 6.45) is 0. The van der Waals surface area contributed by atoms with Crippen molar-refractivity contribution < 1.29 is 19.0 Å². The Morgan fingerprint density at radius 3 is 2.35 bits per heavy atom. The largest absolute Gasteiger partial charge is 0.497 e. The van der Waals surface area contributed by atoms with Crippen molar-refractivity contribution in [1.29, 1.82) is 0 Å². The van der Waals surface area contributed by atoms with Crippen LogP contribution in [0.5, 0.6) is 17.2 Å². The number of hydrogen-bond acceptors (Lipinski definition) is 7. The second-order valence-corrected chi connectivity index (χ2v) is 6.98. The molecule has 3 aromatic rings. The Balaban J connectivity index is 1.83. The van der Waals surface area contributed by atoms with Crippen LogP contribution in [0.1, 0.15) is 18.5 Å². The maximum absolute atomic E-state index is 12.3. The summed E-state index contributed by atoms with van der Waals surface area (Å²) < 4.78 is 17.6. The molecule has 0 saturated carbocycles. The van der Waals surface area contributed by atoms with E-state index in [-0.39, 0.29) is 0 Å². The van der Waals surface area contributed by atoms with Crippen LogP contribution in [0.15, 0.2) is 53.7 Å². The van der Waals surface area contributed by atoms with Gasteiger partial charge in [0.1, 0.15) is 11.8 Å². The van der Waals surface area contributed by atoms with Gasteiger partial charge in [0.05, 0.1) is 26.9 Å². The molecule has 160 valence electrons. The van der Waals surface area contributed by atoms with Crippen LogP contribution in [0.25, 0.3) is 11.4 Å². The van der Waals surface area contributed by atoms with Gasteiger partial charge in [-0.25, -0.2) is 4.68 Å². The SMILES string of the molecule is COc1ccc(C2C(C(N)=O)=C(C)Nc3nc(-c4ccc(OC)c(OC)c4)nn32)cc1. The zero-order valence-corrected chi connectivity index (χ0v) is 17.7. The van der Waals surface area contributed by atoms with Crippen molar-refractivity contribution in [3.8, 4) is 28.6 Å². The molecule has 1 aromatic heterocycles. The smallest absolute Gasteiger partial charge is 0.248 e. The van der Waals surface area contributed by atoms with Gasteiger partial charge in [-0.15, -0.1) is 5.10 Å². The molecule has 1 unspecified atom stereocenters. The number of anilines is 1. The molecule has 9 heteroatoms. The first-order valence-corrected chi connectivity index (χ1v) is 9.57. The lowest BCUT2D eigenvalue weighted by Crippen LogP contribution is -2.31. The number of primary amides is 1. The van der Waals surface area contributed by atoms with E-state index in [2.05, 4.69) is 10.3 Å². The summed E-state index contributed by atoms with van der Waals surface area (Å²) >= 11 is 0. The lowest BCUT2D eigenvalue weighted by molar-refractivity contribution is -0.115. The zero-order valence-electron chi connectivity index (χ0n) is 17.7. The molecule has 1 aliphatic rings. The second kappa shape index (κ2) is 8.02. The van der Waals surface area contributed by atoms with E-state index in [9.17, 15) is 4.79 Å². The fraction of sp³-hybridized carbons (Fsp3) is 0.227. The topological polar surface area (TPSA) is 114 Å². The minimum atomic E-state index is -0.528. The molecule has 1 aliphatic heterocycles. The number of nitrogens with two attached hydrogens (primary N) is 1. The molecule has 1 atom stereocenters. The number of carbonyl (C=O) groups is 1. The van der Waals surface area contributed by atoms with Crippen LogP contribution in [0.2, 0.25) is 0 Å². The Labute approximate surface area is 179 Å². The zero-order chi connectivity index (χ0) is 22.1. The van der Waals surface area contributed by atoms with Crippen LogP contribution < -0.4 is 25.3 Å². The maximum Gasteiger partial charge on any atom is 0.248 e. The van der Waals surface area contributed by atoms with E-state index < -0.39 is 11.9 Å². The van der Waals surface area contributed by atoms with Gasteiger partial charge in [0.15, 0.2) is 17.3 Å². The molecule has 9 nitrogen and oxygen atoms in total. The molecule has 0 saturated heterocycles. The van der Waals surface area contributed by atoms with Crippen LogP contribution >= 0.6 is 0 Å². The lowest BCUT2D eigenvalue weighted by Gasteiger charge is -2.27. The molecule has 0 aliphatic carbocycles. The minimum Gasteiger partial charge on any atom is -0.497 e. The number of aromatic nitrogens is 3. The number of carbonyl (C=O) groups excluding carboxylic acids is 1. The van der Waals surface area contributed by atoms with Crippen LogP contribution in [-0.2, 0) is 4.79 Å². The molecular weight excluding hydrogens is 398 g/mol. The molecule has 0 bridgehead atoms. The predicted molar refractivity (Wildman–Crippen MR) is 115 cm³/mol. The number of rotatable bonds is 6. The number of allylic oxidation sites excluding steroid dienone is 1. The van der Waals surface area contributed by atoms with Gasteiger partial charge in [-0.05, 0) is 42.8 Å². The molecule has 4 rings (SSSR count). The molecule has 3 N–H and O–H groups in total. The average molecular weight is 421 g/mol. The summed E-state index contributed by atoms with van der Waals surface area (Å²) in [4.78, 5) is 17.0. The van der Waals surface area contributed by atoms with E-state index in [1.54, 1.807) is 45.1 Å². The highest BCUT2D eigenvalue weighted by Crippen LogP contribution is 2.37. The second-order valence-electron chi connectivity index (χ2n) is 6.98.